The Morgan fingerprint density at radius 3 is 2.52 bits per heavy atom. The minimum atomic E-state index is -0.556. The van der Waals surface area contributed by atoms with Gasteiger partial charge in [0, 0.05) is 11.4 Å². The van der Waals surface area contributed by atoms with Gasteiger partial charge in [0.05, 0.1) is 12.1 Å². The molecule has 6 nitrogen and oxygen atoms in total. The fraction of sp³-hybridized carbons (Fsp3) is 0.160. The Morgan fingerprint density at radius 1 is 1.03 bits per heavy atom. The van der Waals surface area contributed by atoms with Crippen molar-refractivity contribution in [2.45, 2.75) is 24.3 Å². The summed E-state index contributed by atoms with van der Waals surface area (Å²) in [5.41, 5.74) is 3.53. The van der Waals surface area contributed by atoms with Crippen molar-refractivity contribution in [1.29, 1.82) is 0 Å². The molecule has 1 unspecified atom stereocenters. The van der Waals surface area contributed by atoms with E-state index in [9.17, 15) is 4.79 Å². The van der Waals surface area contributed by atoms with Crippen molar-refractivity contribution in [3.63, 3.8) is 0 Å². The van der Waals surface area contributed by atoms with Crippen molar-refractivity contribution in [2.24, 2.45) is 0 Å². The summed E-state index contributed by atoms with van der Waals surface area (Å²) in [6.45, 7) is 3.94. The molecule has 0 aliphatic heterocycles. The zero-order valence-electron chi connectivity index (χ0n) is 18.4. The van der Waals surface area contributed by atoms with Gasteiger partial charge in [-0.1, -0.05) is 65.8 Å². The van der Waals surface area contributed by atoms with Crippen LogP contribution in [-0.4, -0.2) is 27.8 Å². The quantitative estimate of drug-likeness (QED) is 0.329. The van der Waals surface area contributed by atoms with Crippen LogP contribution in [0.15, 0.2) is 78.0 Å². The number of thioether (sulfide) groups is 1. The molecule has 1 atom stereocenters. The Bertz CT molecular complexity index is 1280. The largest absolute Gasteiger partial charge is 0.495 e. The predicted molar refractivity (Wildman–Crippen MR) is 133 cm³/mol. The molecule has 1 heterocycles. The van der Waals surface area contributed by atoms with Gasteiger partial charge in [-0.2, -0.15) is 0 Å². The Hall–Kier alpha value is -3.29. The third kappa shape index (κ3) is 5.21. The molecule has 0 bridgehead atoms. The number of anilines is 1. The predicted octanol–water partition coefficient (Wildman–Crippen LogP) is 6.02. The first kappa shape index (κ1) is 22.9. The van der Waals surface area contributed by atoms with Crippen molar-refractivity contribution < 1.29 is 9.53 Å². The highest BCUT2D eigenvalue weighted by atomic mass is 35.5. The number of hydrogen-bond donors (Lipinski definition) is 1. The van der Waals surface area contributed by atoms with Crippen LogP contribution < -0.4 is 10.1 Å². The number of nitrogens with zero attached hydrogens (tertiary/aromatic N) is 3. The average molecular weight is 479 g/mol. The van der Waals surface area contributed by atoms with Crippen LogP contribution in [0.25, 0.3) is 5.69 Å². The minimum absolute atomic E-state index is 0.191. The first-order valence-electron chi connectivity index (χ1n) is 10.3. The molecule has 1 aromatic heterocycles. The fourth-order valence-corrected chi connectivity index (χ4v) is 4.80. The molecule has 1 N–H and O–H groups in total. The molecular weight excluding hydrogens is 456 g/mol. The molecule has 0 aliphatic rings. The van der Waals surface area contributed by atoms with E-state index in [1.165, 1.54) is 11.8 Å². The number of benzene rings is 3. The van der Waals surface area contributed by atoms with Gasteiger partial charge in [0.25, 0.3) is 0 Å². The number of amides is 1. The molecular formula is C25H23ClN4O2S. The second-order valence-corrected chi connectivity index (χ2v) is 8.93. The first-order valence-corrected chi connectivity index (χ1v) is 11.6. The normalized spacial score (nSPS) is 11.8. The van der Waals surface area contributed by atoms with Gasteiger partial charge < -0.3 is 10.1 Å². The minimum Gasteiger partial charge on any atom is -0.495 e. The number of methoxy groups -OCH3 is 1. The first-order chi connectivity index (χ1) is 16.0. The highest BCUT2D eigenvalue weighted by Gasteiger charge is 2.26. The van der Waals surface area contributed by atoms with Gasteiger partial charge in [-0.05, 0) is 55.3 Å². The Kier molecular flexibility index (Phi) is 7.01. The summed E-state index contributed by atoms with van der Waals surface area (Å²) in [6.07, 6.45) is 0. The SMILES string of the molecule is COc1ccc(NC(=O)C(Sc2nnc(C)n2-c2cccc(C)c2)c2ccccc2)cc1Cl. The molecule has 33 heavy (non-hydrogen) atoms. The fourth-order valence-electron chi connectivity index (χ4n) is 3.44. The summed E-state index contributed by atoms with van der Waals surface area (Å²) in [7, 11) is 1.55. The zero-order valence-corrected chi connectivity index (χ0v) is 20.0. The van der Waals surface area contributed by atoms with Crippen LogP contribution in [-0.2, 0) is 4.79 Å². The van der Waals surface area contributed by atoms with Crippen LogP contribution >= 0.6 is 23.4 Å². The van der Waals surface area contributed by atoms with Crippen molar-refractivity contribution in [3.8, 4) is 11.4 Å². The number of ether oxygens (including phenoxy) is 1. The lowest BCUT2D eigenvalue weighted by atomic mass is 10.1. The summed E-state index contributed by atoms with van der Waals surface area (Å²) in [5.74, 6) is 1.10. The van der Waals surface area contributed by atoms with Gasteiger partial charge in [0.15, 0.2) is 5.16 Å². The molecule has 1 amide bonds. The number of carbonyl (C=O) groups is 1. The highest BCUT2D eigenvalue weighted by Crippen LogP contribution is 2.37. The van der Waals surface area contributed by atoms with E-state index >= 15 is 0 Å². The van der Waals surface area contributed by atoms with Gasteiger partial charge in [0.2, 0.25) is 5.91 Å². The van der Waals surface area contributed by atoms with E-state index in [-0.39, 0.29) is 5.91 Å². The van der Waals surface area contributed by atoms with Crippen molar-refractivity contribution in [3.05, 3.63) is 94.8 Å². The lowest BCUT2D eigenvalue weighted by molar-refractivity contribution is -0.115. The Labute approximate surface area is 202 Å². The van der Waals surface area contributed by atoms with Crippen LogP contribution in [0.2, 0.25) is 5.02 Å². The third-order valence-electron chi connectivity index (χ3n) is 5.04. The van der Waals surface area contributed by atoms with Crippen molar-refractivity contribution in [1.82, 2.24) is 14.8 Å². The van der Waals surface area contributed by atoms with Crippen LogP contribution in [0.3, 0.4) is 0 Å². The van der Waals surface area contributed by atoms with E-state index in [0.717, 1.165) is 22.6 Å². The van der Waals surface area contributed by atoms with Crippen LogP contribution in [0.5, 0.6) is 5.75 Å². The summed E-state index contributed by atoms with van der Waals surface area (Å²) >= 11 is 7.59. The van der Waals surface area contributed by atoms with Gasteiger partial charge in [0.1, 0.15) is 16.8 Å². The number of halogens is 1. The number of aryl methyl sites for hydroxylation is 2. The standard InChI is InChI=1S/C25H23ClN4O2S/c1-16-8-7-11-20(14-16)30-17(2)28-29-25(30)33-23(18-9-5-4-6-10-18)24(31)27-19-12-13-22(32-3)21(26)15-19/h4-15,23H,1-3H3,(H,27,31). The van der Waals surface area contributed by atoms with Crippen LogP contribution in [0.4, 0.5) is 5.69 Å². The maximum Gasteiger partial charge on any atom is 0.242 e. The van der Waals surface area contributed by atoms with E-state index in [4.69, 9.17) is 16.3 Å². The Morgan fingerprint density at radius 2 is 1.82 bits per heavy atom. The van der Waals surface area contributed by atoms with E-state index in [2.05, 4.69) is 21.6 Å². The van der Waals surface area contributed by atoms with Gasteiger partial charge in [-0.25, -0.2) is 0 Å². The number of hydrogen-bond acceptors (Lipinski definition) is 5. The maximum atomic E-state index is 13.4. The molecule has 4 rings (SSSR count). The van der Waals surface area contributed by atoms with Gasteiger partial charge in [-0.15, -0.1) is 10.2 Å². The Balaban J connectivity index is 1.67. The van der Waals surface area contributed by atoms with E-state index in [0.29, 0.717) is 21.6 Å². The van der Waals surface area contributed by atoms with Crippen LogP contribution in [0, 0.1) is 13.8 Å². The lowest BCUT2D eigenvalue weighted by Gasteiger charge is -2.18. The molecule has 4 aromatic rings. The van der Waals surface area contributed by atoms with Crippen LogP contribution in [0.1, 0.15) is 22.2 Å². The zero-order chi connectivity index (χ0) is 23.4. The number of carbonyl (C=O) groups excluding carboxylic acids is 1. The number of nitrogens with one attached hydrogen (secondary N) is 1. The summed E-state index contributed by atoms with van der Waals surface area (Å²) < 4.78 is 7.16. The highest BCUT2D eigenvalue weighted by molar-refractivity contribution is 8.00. The molecule has 0 saturated carbocycles. The topological polar surface area (TPSA) is 69.0 Å². The molecule has 0 radical (unpaired) electrons. The molecule has 8 heteroatoms. The van der Waals surface area contributed by atoms with E-state index in [1.54, 1.807) is 25.3 Å². The molecule has 0 fully saturated rings. The van der Waals surface area contributed by atoms with Crippen molar-refractivity contribution >= 4 is 35.0 Å². The maximum absolute atomic E-state index is 13.4. The molecule has 3 aromatic carbocycles. The smallest absolute Gasteiger partial charge is 0.242 e. The number of aromatic nitrogens is 3. The summed E-state index contributed by atoms with van der Waals surface area (Å²) in [6, 6.07) is 22.9. The van der Waals surface area contributed by atoms with Gasteiger partial charge >= 0.3 is 0 Å². The second-order valence-electron chi connectivity index (χ2n) is 7.45. The molecule has 0 aliphatic carbocycles. The molecule has 168 valence electrons. The summed E-state index contributed by atoms with van der Waals surface area (Å²) in [4.78, 5) is 13.4. The van der Waals surface area contributed by atoms with Gasteiger partial charge in [-0.3, -0.25) is 9.36 Å². The average Bonchev–Trinajstić information content (AvgIpc) is 3.18. The second kappa shape index (κ2) is 10.1. The van der Waals surface area contributed by atoms with E-state index in [1.807, 2.05) is 66.9 Å². The van der Waals surface area contributed by atoms with E-state index < -0.39 is 5.25 Å². The number of rotatable bonds is 7. The monoisotopic (exact) mass is 478 g/mol. The molecule has 0 spiro atoms. The molecule has 0 saturated heterocycles. The third-order valence-corrected chi connectivity index (χ3v) is 6.53. The van der Waals surface area contributed by atoms with Crippen molar-refractivity contribution in [2.75, 3.05) is 12.4 Å². The summed E-state index contributed by atoms with van der Waals surface area (Å²) in [5, 5.41) is 12.1. The lowest BCUT2D eigenvalue weighted by Crippen LogP contribution is -2.19.